The van der Waals surface area contributed by atoms with Crippen molar-refractivity contribution in [3.05, 3.63) is 11.8 Å². The van der Waals surface area contributed by atoms with Crippen molar-refractivity contribution in [2.24, 2.45) is 5.92 Å². The smallest absolute Gasteiger partial charge is 0.233 e. The number of aromatic nitrogens is 2. The summed E-state index contributed by atoms with van der Waals surface area (Å²) in [6.07, 6.45) is 8.25. The zero-order chi connectivity index (χ0) is 15.4. The van der Waals surface area contributed by atoms with E-state index in [0.29, 0.717) is 5.89 Å². The molecular weight excluding hydrogens is 276 g/mol. The minimum Gasteiger partial charge on any atom is -0.424 e. The molecule has 2 atom stereocenters. The number of hydrogen-bond acceptors (Lipinski definition) is 5. The van der Waals surface area contributed by atoms with Gasteiger partial charge in [-0.15, -0.1) is 10.2 Å². The molecule has 3 rings (SSSR count). The number of likely N-dealkylation sites (tertiary alicyclic amines) is 2. The quantitative estimate of drug-likeness (QED) is 0.855. The summed E-state index contributed by atoms with van der Waals surface area (Å²) in [6.45, 7) is 10.2. The maximum atomic E-state index is 5.63. The molecule has 5 heteroatoms. The lowest BCUT2D eigenvalue weighted by Crippen LogP contribution is -2.42. The summed E-state index contributed by atoms with van der Waals surface area (Å²) in [4.78, 5) is 5.22. The average Bonchev–Trinajstić information content (AvgIpc) is 2.80. The molecule has 0 aliphatic carbocycles. The van der Waals surface area contributed by atoms with Crippen molar-refractivity contribution in [1.82, 2.24) is 20.0 Å². The van der Waals surface area contributed by atoms with Crippen LogP contribution in [0, 0.1) is 12.8 Å². The molecule has 0 spiro atoms. The van der Waals surface area contributed by atoms with Crippen LogP contribution in [0.2, 0.25) is 0 Å². The lowest BCUT2D eigenvalue weighted by molar-refractivity contribution is 0.0933. The fourth-order valence-corrected chi connectivity index (χ4v) is 3.92. The highest BCUT2D eigenvalue weighted by Crippen LogP contribution is 2.27. The maximum absolute atomic E-state index is 5.63. The van der Waals surface area contributed by atoms with Crippen LogP contribution < -0.4 is 0 Å². The van der Waals surface area contributed by atoms with Gasteiger partial charge in [-0.3, -0.25) is 4.90 Å². The molecule has 3 heterocycles. The van der Waals surface area contributed by atoms with Gasteiger partial charge in [-0.2, -0.15) is 0 Å². The van der Waals surface area contributed by atoms with Crippen molar-refractivity contribution >= 4 is 0 Å². The van der Waals surface area contributed by atoms with Gasteiger partial charge in [-0.1, -0.05) is 12.8 Å². The van der Waals surface area contributed by atoms with Crippen LogP contribution in [0.4, 0.5) is 0 Å². The molecule has 2 fully saturated rings. The van der Waals surface area contributed by atoms with E-state index in [1.54, 1.807) is 0 Å². The summed E-state index contributed by atoms with van der Waals surface area (Å²) in [5.41, 5.74) is 0. The van der Waals surface area contributed by atoms with Gasteiger partial charge < -0.3 is 9.32 Å². The molecule has 0 radical (unpaired) electrons. The van der Waals surface area contributed by atoms with Crippen LogP contribution in [0.3, 0.4) is 0 Å². The van der Waals surface area contributed by atoms with Crippen LogP contribution in [-0.2, 0) is 0 Å². The van der Waals surface area contributed by atoms with Crippen molar-refractivity contribution in [2.45, 2.75) is 58.4 Å². The highest BCUT2D eigenvalue weighted by molar-refractivity contribution is 4.90. The first-order chi connectivity index (χ1) is 10.7. The third-order valence-electron chi connectivity index (χ3n) is 5.21. The van der Waals surface area contributed by atoms with Crippen LogP contribution >= 0.6 is 0 Å². The monoisotopic (exact) mass is 306 g/mol. The first-order valence-corrected chi connectivity index (χ1v) is 8.99. The molecule has 22 heavy (non-hydrogen) atoms. The Kier molecular flexibility index (Phi) is 5.47. The highest BCUT2D eigenvalue weighted by atomic mass is 16.4. The second-order valence-corrected chi connectivity index (χ2v) is 7.05. The third-order valence-corrected chi connectivity index (χ3v) is 5.21. The predicted octanol–water partition coefficient (Wildman–Crippen LogP) is 3.03. The molecule has 2 unspecified atom stereocenters. The average molecular weight is 306 g/mol. The zero-order valence-electron chi connectivity index (χ0n) is 14.1. The molecule has 124 valence electrons. The lowest BCUT2D eigenvalue weighted by atomic mass is 9.96. The van der Waals surface area contributed by atoms with Gasteiger partial charge in [0.25, 0.3) is 0 Å². The summed E-state index contributed by atoms with van der Waals surface area (Å²) < 4.78 is 5.63. The van der Waals surface area contributed by atoms with Gasteiger partial charge in [-0.25, -0.2) is 0 Å². The van der Waals surface area contributed by atoms with E-state index in [1.165, 1.54) is 64.7 Å². The molecule has 0 bridgehead atoms. The van der Waals surface area contributed by atoms with Crippen LogP contribution in [0.1, 0.15) is 63.3 Å². The van der Waals surface area contributed by atoms with Gasteiger partial charge in [0.05, 0.1) is 6.04 Å². The van der Waals surface area contributed by atoms with E-state index in [1.807, 2.05) is 6.92 Å². The molecule has 1 aromatic heterocycles. The molecule has 0 N–H and O–H groups in total. The summed E-state index contributed by atoms with van der Waals surface area (Å²) in [6, 6.07) is 0.244. The van der Waals surface area contributed by atoms with E-state index in [2.05, 4.69) is 26.9 Å². The van der Waals surface area contributed by atoms with Crippen molar-refractivity contribution in [1.29, 1.82) is 0 Å². The van der Waals surface area contributed by atoms with Gasteiger partial charge in [0.2, 0.25) is 11.8 Å². The van der Waals surface area contributed by atoms with Crippen LogP contribution in [0.25, 0.3) is 0 Å². The molecule has 2 aliphatic rings. The Morgan fingerprint density at radius 3 is 2.55 bits per heavy atom. The Labute approximate surface area is 134 Å². The lowest BCUT2D eigenvalue weighted by Gasteiger charge is -2.37. The van der Waals surface area contributed by atoms with Crippen molar-refractivity contribution in [3.8, 4) is 0 Å². The maximum Gasteiger partial charge on any atom is 0.233 e. The first kappa shape index (κ1) is 15.9. The zero-order valence-corrected chi connectivity index (χ0v) is 14.1. The van der Waals surface area contributed by atoms with E-state index in [-0.39, 0.29) is 6.04 Å². The summed E-state index contributed by atoms with van der Waals surface area (Å²) >= 11 is 0. The number of aryl methyl sites for hydroxylation is 1. The normalized spacial score (nSPS) is 26.7. The Bertz CT molecular complexity index is 453. The molecular formula is C17H30N4O. The number of rotatable bonds is 4. The Morgan fingerprint density at radius 1 is 1.09 bits per heavy atom. The van der Waals surface area contributed by atoms with Crippen LogP contribution in [0.15, 0.2) is 4.42 Å². The van der Waals surface area contributed by atoms with E-state index in [4.69, 9.17) is 4.42 Å². The van der Waals surface area contributed by atoms with E-state index >= 15 is 0 Å². The summed E-state index contributed by atoms with van der Waals surface area (Å²) in [5.74, 6) is 2.23. The largest absolute Gasteiger partial charge is 0.424 e. The molecule has 0 saturated carbocycles. The Morgan fingerprint density at radius 2 is 1.86 bits per heavy atom. The van der Waals surface area contributed by atoms with Gasteiger partial charge in [0.15, 0.2) is 0 Å². The van der Waals surface area contributed by atoms with Crippen LogP contribution in [0.5, 0.6) is 0 Å². The molecule has 0 aromatic carbocycles. The standard InChI is InChI=1S/C17H30N4O/c1-14(17-19-18-15(2)22-17)21-11-7-8-16(13-21)12-20-9-5-3-4-6-10-20/h14,16H,3-13H2,1-2H3. The molecule has 2 aliphatic heterocycles. The Hall–Kier alpha value is -0.940. The summed E-state index contributed by atoms with van der Waals surface area (Å²) in [5, 5.41) is 8.18. The fourth-order valence-electron chi connectivity index (χ4n) is 3.92. The third kappa shape index (κ3) is 4.07. The van der Waals surface area contributed by atoms with Gasteiger partial charge in [0.1, 0.15) is 0 Å². The number of nitrogens with zero attached hydrogens (tertiary/aromatic N) is 4. The van der Waals surface area contributed by atoms with Crippen LogP contribution in [-0.4, -0.2) is 52.7 Å². The molecule has 5 nitrogen and oxygen atoms in total. The fraction of sp³-hybridized carbons (Fsp3) is 0.882. The Balaban J connectivity index is 1.54. The van der Waals surface area contributed by atoms with Crippen molar-refractivity contribution in [2.75, 3.05) is 32.7 Å². The van der Waals surface area contributed by atoms with Crippen molar-refractivity contribution < 1.29 is 4.42 Å². The molecule has 2 saturated heterocycles. The summed E-state index contributed by atoms with van der Waals surface area (Å²) in [7, 11) is 0. The molecule has 0 amide bonds. The SMILES string of the molecule is Cc1nnc(C(C)N2CCCC(CN3CCCCCC3)C2)o1. The van der Waals surface area contributed by atoms with E-state index < -0.39 is 0 Å². The number of piperidine rings is 1. The van der Waals surface area contributed by atoms with E-state index in [0.717, 1.165) is 18.4 Å². The highest BCUT2D eigenvalue weighted by Gasteiger charge is 2.28. The number of hydrogen-bond donors (Lipinski definition) is 0. The second kappa shape index (κ2) is 7.55. The minimum absolute atomic E-state index is 0.244. The molecule has 1 aromatic rings. The van der Waals surface area contributed by atoms with E-state index in [9.17, 15) is 0 Å². The van der Waals surface area contributed by atoms with Gasteiger partial charge in [-0.05, 0) is 58.2 Å². The van der Waals surface area contributed by atoms with Gasteiger partial charge in [0, 0.05) is 20.0 Å². The predicted molar refractivity (Wildman–Crippen MR) is 86.7 cm³/mol. The van der Waals surface area contributed by atoms with Crippen molar-refractivity contribution in [3.63, 3.8) is 0 Å². The second-order valence-electron chi connectivity index (χ2n) is 7.05. The van der Waals surface area contributed by atoms with Gasteiger partial charge >= 0.3 is 0 Å². The first-order valence-electron chi connectivity index (χ1n) is 8.99. The minimum atomic E-state index is 0.244. The topological polar surface area (TPSA) is 45.4 Å².